The minimum absolute atomic E-state index is 0.185. The Hall–Kier alpha value is -3.16. The zero-order valence-corrected chi connectivity index (χ0v) is 18.1. The number of fused-ring (bicyclic) bond motifs is 1. The van der Waals surface area contributed by atoms with Gasteiger partial charge in [0.2, 0.25) is 6.41 Å². The highest BCUT2D eigenvalue weighted by atomic mass is 16.7. The van der Waals surface area contributed by atoms with Crippen LogP contribution in [0.3, 0.4) is 0 Å². The fourth-order valence-corrected chi connectivity index (χ4v) is 3.83. The van der Waals surface area contributed by atoms with Crippen LogP contribution in [0.5, 0.6) is 0 Å². The van der Waals surface area contributed by atoms with Gasteiger partial charge >= 0.3 is 0 Å². The molecular formula is C21H27N7O5. The highest BCUT2D eigenvalue weighted by Gasteiger charge is 2.49. The van der Waals surface area contributed by atoms with Gasteiger partial charge in [0.1, 0.15) is 30.2 Å². The van der Waals surface area contributed by atoms with Crippen LogP contribution in [-0.4, -0.2) is 78.7 Å². The fourth-order valence-electron chi connectivity index (χ4n) is 3.83. The molecule has 5 atom stereocenters. The molecule has 4 rings (SSSR count). The summed E-state index contributed by atoms with van der Waals surface area (Å²) < 4.78 is 7.47. The van der Waals surface area contributed by atoms with Crippen LogP contribution in [0, 0.1) is 0 Å². The van der Waals surface area contributed by atoms with Gasteiger partial charge in [0, 0.05) is 13.1 Å². The number of carbonyl (C=O) groups excluding carboxylic acids is 1. The number of ether oxygens (including phenoxy) is 1. The lowest BCUT2D eigenvalue weighted by Crippen LogP contribution is -2.52. The van der Waals surface area contributed by atoms with Crippen LogP contribution in [0.15, 0.2) is 43.0 Å². The number of benzene rings is 1. The molecule has 0 bridgehead atoms. The van der Waals surface area contributed by atoms with Crippen molar-refractivity contribution >= 4 is 23.4 Å². The SMILES string of the molecule is CCN(C=O)C(ONCCc1ccccc1)[C@H]1O[C@@H](n2cnc3c(N)ncnc32)[C@H](O)[C@@H]1O. The number of amides is 1. The molecule has 176 valence electrons. The first-order valence-corrected chi connectivity index (χ1v) is 10.6. The number of rotatable bonds is 10. The number of aliphatic hydroxyl groups is 2. The summed E-state index contributed by atoms with van der Waals surface area (Å²) in [5.41, 5.74) is 10.5. The van der Waals surface area contributed by atoms with Crippen molar-refractivity contribution in [3.8, 4) is 0 Å². The molecule has 33 heavy (non-hydrogen) atoms. The number of nitrogens with one attached hydrogen (secondary N) is 1. The molecule has 1 saturated heterocycles. The molecule has 12 nitrogen and oxygen atoms in total. The second-order valence-electron chi connectivity index (χ2n) is 7.63. The van der Waals surface area contributed by atoms with Gasteiger partial charge in [-0.3, -0.25) is 14.2 Å². The van der Waals surface area contributed by atoms with Crippen molar-refractivity contribution in [2.75, 3.05) is 18.8 Å². The summed E-state index contributed by atoms with van der Waals surface area (Å²) >= 11 is 0. The Balaban J connectivity index is 1.50. The van der Waals surface area contributed by atoms with E-state index in [2.05, 4.69) is 20.4 Å². The topological polar surface area (TPSA) is 161 Å². The molecule has 5 N–H and O–H groups in total. The van der Waals surface area contributed by atoms with E-state index in [4.69, 9.17) is 15.3 Å². The molecule has 2 aromatic heterocycles. The molecule has 12 heteroatoms. The number of hydrogen-bond acceptors (Lipinski definition) is 10. The van der Waals surface area contributed by atoms with Gasteiger partial charge in [-0.2, -0.15) is 5.48 Å². The molecule has 1 aromatic carbocycles. The Morgan fingerprint density at radius 1 is 1.27 bits per heavy atom. The Labute approximate surface area is 189 Å². The molecule has 1 fully saturated rings. The van der Waals surface area contributed by atoms with E-state index in [-0.39, 0.29) is 5.82 Å². The van der Waals surface area contributed by atoms with E-state index in [9.17, 15) is 15.0 Å². The third-order valence-corrected chi connectivity index (χ3v) is 5.61. The van der Waals surface area contributed by atoms with Gasteiger partial charge < -0.3 is 25.6 Å². The summed E-state index contributed by atoms with van der Waals surface area (Å²) in [6, 6.07) is 9.84. The number of nitrogen functional groups attached to an aromatic ring is 1. The maximum absolute atomic E-state index is 11.7. The highest BCUT2D eigenvalue weighted by molar-refractivity contribution is 5.81. The number of hydrogen-bond donors (Lipinski definition) is 4. The molecule has 0 spiro atoms. The van der Waals surface area contributed by atoms with Crippen LogP contribution in [0.1, 0.15) is 18.7 Å². The van der Waals surface area contributed by atoms with Crippen molar-refractivity contribution in [1.82, 2.24) is 29.9 Å². The van der Waals surface area contributed by atoms with E-state index in [0.29, 0.717) is 37.1 Å². The van der Waals surface area contributed by atoms with E-state index in [0.717, 1.165) is 5.56 Å². The molecule has 1 aliphatic heterocycles. The predicted molar refractivity (Wildman–Crippen MR) is 117 cm³/mol. The first-order valence-electron chi connectivity index (χ1n) is 10.6. The average molecular weight is 457 g/mol. The summed E-state index contributed by atoms with van der Waals surface area (Å²) in [5.74, 6) is 0.185. The Kier molecular flexibility index (Phi) is 7.11. The van der Waals surface area contributed by atoms with Crippen molar-refractivity contribution in [3.63, 3.8) is 0 Å². The first-order chi connectivity index (χ1) is 16.0. The van der Waals surface area contributed by atoms with Crippen LogP contribution in [0.2, 0.25) is 0 Å². The van der Waals surface area contributed by atoms with Crippen LogP contribution >= 0.6 is 0 Å². The summed E-state index contributed by atoms with van der Waals surface area (Å²) in [4.78, 5) is 31.0. The monoisotopic (exact) mass is 457 g/mol. The number of carbonyl (C=O) groups is 1. The van der Waals surface area contributed by atoms with Crippen molar-refractivity contribution in [2.24, 2.45) is 0 Å². The highest BCUT2D eigenvalue weighted by Crippen LogP contribution is 2.34. The molecule has 3 aromatic rings. The number of aliphatic hydroxyl groups excluding tert-OH is 2. The van der Waals surface area contributed by atoms with Gasteiger partial charge in [-0.05, 0) is 18.9 Å². The number of aromatic nitrogens is 4. The maximum Gasteiger partial charge on any atom is 0.211 e. The third kappa shape index (κ3) is 4.65. The van der Waals surface area contributed by atoms with E-state index in [1.165, 1.54) is 22.1 Å². The zero-order chi connectivity index (χ0) is 23.4. The molecule has 1 unspecified atom stereocenters. The number of anilines is 1. The van der Waals surface area contributed by atoms with Gasteiger partial charge in [0.05, 0.1) is 6.33 Å². The molecule has 1 aliphatic rings. The van der Waals surface area contributed by atoms with Gasteiger partial charge in [-0.25, -0.2) is 15.0 Å². The maximum atomic E-state index is 11.7. The van der Waals surface area contributed by atoms with Crippen molar-refractivity contribution in [1.29, 1.82) is 0 Å². The van der Waals surface area contributed by atoms with E-state index in [1.54, 1.807) is 6.92 Å². The zero-order valence-electron chi connectivity index (χ0n) is 18.1. The van der Waals surface area contributed by atoms with Gasteiger partial charge in [0.15, 0.2) is 23.9 Å². The fraction of sp³-hybridized carbons (Fsp3) is 0.429. The second-order valence-corrected chi connectivity index (χ2v) is 7.63. The average Bonchev–Trinajstić information content (AvgIpc) is 3.39. The molecular weight excluding hydrogens is 430 g/mol. The number of hydroxylamine groups is 1. The number of imidazole rings is 1. The summed E-state index contributed by atoms with van der Waals surface area (Å²) in [6.07, 6.45) is -1.75. The summed E-state index contributed by atoms with van der Waals surface area (Å²) in [5, 5.41) is 21.5. The van der Waals surface area contributed by atoms with Crippen LogP contribution in [0.4, 0.5) is 5.82 Å². The second kappa shape index (κ2) is 10.2. The predicted octanol–water partition coefficient (Wildman–Crippen LogP) is -0.404. The standard InChI is InChI=1S/C21H27N7O5/c1-2-27(12-29)21(33-26-9-8-13-6-4-3-5-7-13)17-15(30)16(31)20(32-17)28-11-25-14-18(22)23-10-24-19(14)28/h3-7,10-12,15-17,20-21,26,30-31H,2,8-9H2,1H3,(H2,22,23,24)/t15-,16+,17-,20+,21?/m0/s1. The van der Waals surface area contributed by atoms with Gasteiger partial charge in [-0.1, -0.05) is 30.3 Å². The van der Waals surface area contributed by atoms with Crippen LogP contribution in [0.25, 0.3) is 11.2 Å². The normalized spacial score (nSPS) is 23.6. The lowest BCUT2D eigenvalue weighted by atomic mass is 10.1. The van der Waals surface area contributed by atoms with Crippen LogP contribution in [-0.2, 0) is 20.8 Å². The molecule has 0 saturated carbocycles. The molecule has 3 heterocycles. The third-order valence-electron chi connectivity index (χ3n) is 5.61. The molecule has 1 amide bonds. The largest absolute Gasteiger partial charge is 0.387 e. The number of likely N-dealkylation sites (N-methyl/N-ethyl adjacent to an activating group) is 1. The quantitative estimate of drug-likeness (QED) is 0.136. The lowest BCUT2D eigenvalue weighted by molar-refractivity contribution is -0.190. The van der Waals surface area contributed by atoms with E-state index in [1.807, 2.05) is 30.3 Å². The number of nitrogens with zero attached hydrogens (tertiary/aromatic N) is 5. The lowest BCUT2D eigenvalue weighted by Gasteiger charge is -2.32. The van der Waals surface area contributed by atoms with E-state index < -0.39 is 30.8 Å². The Morgan fingerprint density at radius 2 is 2.06 bits per heavy atom. The van der Waals surface area contributed by atoms with Gasteiger partial charge in [-0.15, -0.1) is 0 Å². The van der Waals surface area contributed by atoms with E-state index >= 15 is 0 Å². The first kappa shape index (κ1) is 23.0. The minimum atomic E-state index is -1.35. The molecule has 0 radical (unpaired) electrons. The van der Waals surface area contributed by atoms with Crippen LogP contribution < -0.4 is 11.2 Å². The van der Waals surface area contributed by atoms with Crippen molar-refractivity contribution in [2.45, 2.75) is 44.1 Å². The van der Waals surface area contributed by atoms with Crippen molar-refractivity contribution < 1.29 is 24.6 Å². The summed E-state index contributed by atoms with van der Waals surface area (Å²) in [7, 11) is 0. The Morgan fingerprint density at radius 3 is 2.79 bits per heavy atom. The Bertz CT molecular complexity index is 1070. The van der Waals surface area contributed by atoms with Gasteiger partial charge in [0.25, 0.3) is 0 Å². The number of nitrogens with two attached hydrogens (primary N) is 1. The summed E-state index contributed by atoms with van der Waals surface area (Å²) in [6.45, 7) is 2.54. The molecule has 0 aliphatic carbocycles. The van der Waals surface area contributed by atoms with Crippen molar-refractivity contribution in [3.05, 3.63) is 48.5 Å². The smallest absolute Gasteiger partial charge is 0.211 e. The minimum Gasteiger partial charge on any atom is -0.387 e.